The Morgan fingerprint density at radius 1 is 1.00 bits per heavy atom. The average molecular weight is 354 g/mol. The minimum atomic E-state index is -0.312. The van der Waals surface area contributed by atoms with Crippen molar-refractivity contribution in [1.29, 1.82) is 0 Å². The predicted octanol–water partition coefficient (Wildman–Crippen LogP) is 3.70. The lowest BCUT2D eigenvalue weighted by Crippen LogP contribution is -2.26. The first kappa shape index (κ1) is 19.5. The molecule has 2 rings (SSSR count). The molecule has 5 nitrogen and oxygen atoms in total. The first-order valence-electron chi connectivity index (χ1n) is 8.53. The highest BCUT2D eigenvalue weighted by Crippen LogP contribution is 2.30. The Labute approximate surface area is 155 Å². The van der Waals surface area contributed by atoms with Crippen molar-refractivity contribution in [3.63, 3.8) is 0 Å². The molecule has 0 unspecified atom stereocenters. The summed E-state index contributed by atoms with van der Waals surface area (Å²) in [6, 6.07) is 14.6. The van der Waals surface area contributed by atoms with Crippen LogP contribution in [0.5, 0.6) is 5.75 Å². The molecule has 0 saturated carbocycles. The van der Waals surface area contributed by atoms with E-state index in [0.717, 1.165) is 5.56 Å². The SMILES string of the molecule is CN(C)C(=O)c1ccccc1NC(=O)COc1ccccc1C(C)(C)C. The smallest absolute Gasteiger partial charge is 0.262 e. The Kier molecular flexibility index (Phi) is 6.03. The van der Waals surface area contributed by atoms with Crippen LogP contribution in [-0.2, 0) is 10.2 Å². The summed E-state index contributed by atoms with van der Waals surface area (Å²) >= 11 is 0. The van der Waals surface area contributed by atoms with Crippen LogP contribution in [0.2, 0.25) is 0 Å². The second-order valence-electron chi connectivity index (χ2n) is 7.33. The summed E-state index contributed by atoms with van der Waals surface area (Å²) in [7, 11) is 3.35. The highest BCUT2D eigenvalue weighted by Gasteiger charge is 2.19. The highest BCUT2D eigenvalue weighted by atomic mass is 16.5. The van der Waals surface area contributed by atoms with Gasteiger partial charge in [-0.05, 0) is 29.2 Å². The molecule has 0 spiro atoms. The summed E-state index contributed by atoms with van der Waals surface area (Å²) in [5, 5.41) is 2.76. The van der Waals surface area contributed by atoms with Gasteiger partial charge in [-0.1, -0.05) is 51.1 Å². The van der Waals surface area contributed by atoms with E-state index in [9.17, 15) is 9.59 Å². The summed E-state index contributed by atoms with van der Waals surface area (Å²) in [6.45, 7) is 6.16. The molecule has 0 bridgehead atoms. The summed E-state index contributed by atoms with van der Waals surface area (Å²) in [4.78, 5) is 26.0. The van der Waals surface area contributed by atoms with Crippen LogP contribution in [0.15, 0.2) is 48.5 Å². The minimum Gasteiger partial charge on any atom is -0.483 e. The number of hydrogen-bond acceptors (Lipinski definition) is 3. The van der Waals surface area contributed by atoms with Gasteiger partial charge in [0, 0.05) is 14.1 Å². The fraction of sp³-hybridized carbons (Fsp3) is 0.333. The van der Waals surface area contributed by atoms with E-state index in [-0.39, 0.29) is 23.8 Å². The van der Waals surface area contributed by atoms with Crippen LogP contribution in [0.25, 0.3) is 0 Å². The minimum absolute atomic E-state index is 0.0855. The van der Waals surface area contributed by atoms with Gasteiger partial charge in [-0.3, -0.25) is 9.59 Å². The average Bonchev–Trinajstić information content (AvgIpc) is 2.59. The van der Waals surface area contributed by atoms with Crippen LogP contribution < -0.4 is 10.1 Å². The normalized spacial score (nSPS) is 11.0. The molecular formula is C21H26N2O3. The highest BCUT2D eigenvalue weighted by molar-refractivity contribution is 6.03. The van der Waals surface area contributed by atoms with Crippen LogP contribution >= 0.6 is 0 Å². The maximum Gasteiger partial charge on any atom is 0.262 e. The number of ether oxygens (including phenoxy) is 1. The lowest BCUT2D eigenvalue weighted by atomic mass is 9.86. The number of benzene rings is 2. The van der Waals surface area contributed by atoms with Crippen LogP contribution in [0.4, 0.5) is 5.69 Å². The molecule has 0 heterocycles. The van der Waals surface area contributed by atoms with Crippen molar-refractivity contribution in [3.8, 4) is 5.75 Å². The molecule has 0 aliphatic rings. The number of carbonyl (C=O) groups excluding carboxylic acids is 2. The summed E-state index contributed by atoms with van der Waals surface area (Å²) in [6.07, 6.45) is 0. The fourth-order valence-electron chi connectivity index (χ4n) is 2.56. The number of para-hydroxylation sites is 2. The van der Waals surface area contributed by atoms with Gasteiger partial charge >= 0.3 is 0 Å². The number of nitrogens with one attached hydrogen (secondary N) is 1. The lowest BCUT2D eigenvalue weighted by Gasteiger charge is -2.22. The molecule has 0 radical (unpaired) electrons. The summed E-state index contributed by atoms with van der Waals surface area (Å²) < 4.78 is 5.74. The topological polar surface area (TPSA) is 58.6 Å². The monoisotopic (exact) mass is 354 g/mol. The van der Waals surface area contributed by atoms with Gasteiger partial charge in [0.15, 0.2) is 6.61 Å². The molecule has 26 heavy (non-hydrogen) atoms. The Balaban J connectivity index is 2.09. The third-order valence-corrected chi connectivity index (χ3v) is 3.89. The lowest BCUT2D eigenvalue weighted by molar-refractivity contribution is -0.118. The zero-order valence-electron chi connectivity index (χ0n) is 16.0. The van der Waals surface area contributed by atoms with Crippen molar-refractivity contribution in [2.75, 3.05) is 26.0 Å². The quantitative estimate of drug-likeness (QED) is 0.891. The number of amides is 2. The molecule has 0 aliphatic carbocycles. The van der Waals surface area contributed by atoms with Crippen molar-refractivity contribution in [2.45, 2.75) is 26.2 Å². The van der Waals surface area contributed by atoms with E-state index in [1.54, 1.807) is 38.4 Å². The summed E-state index contributed by atoms with van der Waals surface area (Å²) in [5.74, 6) is 0.209. The Bertz CT molecular complexity index is 792. The Hall–Kier alpha value is -2.82. The van der Waals surface area contributed by atoms with Crippen molar-refractivity contribution >= 4 is 17.5 Å². The van der Waals surface area contributed by atoms with Gasteiger partial charge in [0.25, 0.3) is 11.8 Å². The van der Waals surface area contributed by atoms with Gasteiger partial charge in [0.05, 0.1) is 11.3 Å². The molecule has 0 fully saturated rings. The van der Waals surface area contributed by atoms with Gasteiger partial charge in [-0.15, -0.1) is 0 Å². The van der Waals surface area contributed by atoms with E-state index < -0.39 is 0 Å². The second-order valence-corrected chi connectivity index (χ2v) is 7.33. The second kappa shape index (κ2) is 8.04. The molecule has 0 aromatic heterocycles. The van der Waals surface area contributed by atoms with Gasteiger partial charge < -0.3 is 15.0 Å². The standard InChI is InChI=1S/C21H26N2O3/c1-21(2,3)16-11-7-9-13-18(16)26-14-19(24)22-17-12-8-6-10-15(17)20(25)23(4)5/h6-13H,14H2,1-5H3,(H,22,24). The van der Waals surface area contributed by atoms with Crippen molar-refractivity contribution in [3.05, 3.63) is 59.7 Å². The molecule has 2 aromatic carbocycles. The first-order chi connectivity index (χ1) is 12.2. The maximum atomic E-state index is 12.3. The van der Waals surface area contributed by atoms with E-state index in [2.05, 4.69) is 26.1 Å². The number of carbonyl (C=O) groups is 2. The molecular weight excluding hydrogens is 328 g/mol. The van der Waals surface area contributed by atoms with Crippen molar-refractivity contribution < 1.29 is 14.3 Å². The van der Waals surface area contributed by atoms with Crippen LogP contribution in [0, 0.1) is 0 Å². The number of rotatable bonds is 5. The van der Waals surface area contributed by atoms with Crippen LogP contribution in [-0.4, -0.2) is 37.4 Å². The van der Waals surface area contributed by atoms with Crippen LogP contribution in [0.3, 0.4) is 0 Å². The molecule has 0 saturated heterocycles. The largest absolute Gasteiger partial charge is 0.483 e. The molecule has 2 aromatic rings. The number of hydrogen-bond donors (Lipinski definition) is 1. The molecule has 1 N–H and O–H groups in total. The Morgan fingerprint density at radius 2 is 1.62 bits per heavy atom. The number of anilines is 1. The molecule has 5 heteroatoms. The van der Waals surface area contributed by atoms with E-state index >= 15 is 0 Å². The van der Waals surface area contributed by atoms with Gasteiger partial charge in [-0.25, -0.2) is 0 Å². The number of nitrogens with zero attached hydrogens (tertiary/aromatic N) is 1. The zero-order valence-corrected chi connectivity index (χ0v) is 16.0. The van der Waals surface area contributed by atoms with E-state index in [4.69, 9.17) is 4.74 Å². The third kappa shape index (κ3) is 4.85. The Morgan fingerprint density at radius 3 is 2.27 bits per heavy atom. The predicted molar refractivity (Wildman–Crippen MR) is 104 cm³/mol. The van der Waals surface area contributed by atoms with Crippen LogP contribution in [0.1, 0.15) is 36.7 Å². The maximum absolute atomic E-state index is 12.3. The summed E-state index contributed by atoms with van der Waals surface area (Å²) in [5.41, 5.74) is 1.87. The van der Waals surface area contributed by atoms with Crippen molar-refractivity contribution in [1.82, 2.24) is 4.90 Å². The third-order valence-electron chi connectivity index (χ3n) is 3.89. The van der Waals surface area contributed by atoms with Crippen molar-refractivity contribution in [2.24, 2.45) is 0 Å². The molecule has 138 valence electrons. The van der Waals surface area contributed by atoms with E-state index in [0.29, 0.717) is 17.0 Å². The van der Waals surface area contributed by atoms with Gasteiger partial charge in [0.2, 0.25) is 0 Å². The van der Waals surface area contributed by atoms with E-state index in [1.807, 2.05) is 24.3 Å². The first-order valence-corrected chi connectivity index (χ1v) is 8.53. The van der Waals surface area contributed by atoms with Gasteiger partial charge in [0.1, 0.15) is 5.75 Å². The fourth-order valence-corrected chi connectivity index (χ4v) is 2.56. The zero-order chi connectivity index (χ0) is 19.3. The molecule has 2 amide bonds. The molecule has 0 aliphatic heterocycles. The van der Waals surface area contributed by atoms with E-state index in [1.165, 1.54) is 4.90 Å². The van der Waals surface area contributed by atoms with Gasteiger partial charge in [-0.2, -0.15) is 0 Å². The molecule has 0 atom stereocenters.